The van der Waals surface area contributed by atoms with Crippen LogP contribution in [0.2, 0.25) is 0 Å². The predicted octanol–water partition coefficient (Wildman–Crippen LogP) is 2.54. The Hall–Kier alpha value is -1.88. The molecule has 0 fully saturated rings. The lowest BCUT2D eigenvalue weighted by molar-refractivity contribution is -0.873. The number of carbonyl (C=O) groups excluding carboxylic acids is 2. The normalized spacial score (nSPS) is 12.5. The van der Waals surface area contributed by atoms with E-state index in [2.05, 4.69) is 0 Å². The van der Waals surface area contributed by atoms with E-state index >= 15 is 0 Å². The van der Waals surface area contributed by atoms with Crippen molar-refractivity contribution >= 4 is 11.9 Å². The second kappa shape index (κ2) is 9.30. The standard InChI is InChI=1S/C18H28NO4/c1-5-9-17(20)23-16(13-19(2,3)4)12-18(21)22-14-15-10-7-6-8-11-15/h6-8,10-11,16H,5,9,12-14H2,1-4H3/q+1/t16-/m1/s1. The second-order valence-electron chi connectivity index (χ2n) is 6.69. The Kier molecular flexibility index (Phi) is 7.75. The molecule has 0 bridgehead atoms. The summed E-state index contributed by atoms with van der Waals surface area (Å²) in [5.41, 5.74) is 0.937. The number of esters is 2. The number of nitrogens with zero attached hydrogens (tertiary/aromatic N) is 1. The third-order valence-corrected chi connectivity index (χ3v) is 3.14. The van der Waals surface area contributed by atoms with Crippen LogP contribution < -0.4 is 0 Å². The van der Waals surface area contributed by atoms with Crippen LogP contribution in [0.4, 0.5) is 0 Å². The van der Waals surface area contributed by atoms with Gasteiger partial charge in [-0.15, -0.1) is 0 Å². The van der Waals surface area contributed by atoms with Gasteiger partial charge in [0.05, 0.1) is 27.6 Å². The SMILES string of the molecule is CCCC(=O)O[C@H](CC(=O)OCc1ccccc1)C[N+](C)(C)C. The Morgan fingerprint density at radius 2 is 1.74 bits per heavy atom. The number of likely N-dealkylation sites (N-methyl/N-ethyl adjacent to an activating group) is 1. The minimum Gasteiger partial charge on any atom is -0.461 e. The molecule has 0 aliphatic rings. The first-order valence-electron chi connectivity index (χ1n) is 7.99. The summed E-state index contributed by atoms with van der Waals surface area (Å²) in [6.45, 7) is 2.72. The summed E-state index contributed by atoms with van der Waals surface area (Å²) in [5.74, 6) is -0.613. The topological polar surface area (TPSA) is 52.6 Å². The quantitative estimate of drug-likeness (QED) is 0.518. The van der Waals surface area contributed by atoms with Gasteiger partial charge in [0, 0.05) is 6.42 Å². The lowest BCUT2D eigenvalue weighted by Gasteiger charge is -2.28. The van der Waals surface area contributed by atoms with Crippen LogP contribution in [0.1, 0.15) is 31.7 Å². The van der Waals surface area contributed by atoms with Crippen LogP contribution in [0.3, 0.4) is 0 Å². The average molecular weight is 322 g/mol. The molecule has 1 aromatic rings. The van der Waals surface area contributed by atoms with Crippen LogP contribution in [0.15, 0.2) is 30.3 Å². The molecule has 0 aliphatic heterocycles. The molecule has 0 heterocycles. The molecule has 128 valence electrons. The van der Waals surface area contributed by atoms with Gasteiger partial charge in [-0.25, -0.2) is 0 Å². The molecule has 1 rings (SSSR count). The summed E-state index contributed by atoms with van der Waals surface area (Å²) in [6, 6.07) is 9.51. The molecule has 23 heavy (non-hydrogen) atoms. The molecule has 0 spiro atoms. The van der Waals surface area contributed by atoms with E-state index in [4.69, 9.17) is 9.47 Å². The number of hydrogen-bond acceptors (Lipinski definition) is 4. The van der Waals surface area contributed by atoms with Crippen LogP contribution in [0.25, 0.3) is 0 Å². The first-order valence-corrected chi connectivity index (χ1v) is 7.99. The molecule has 1 aromatic carbocycles. The highest BCUT2D eigenvalue weighted by molar-refractivity contribution is 5.72. The first kappa shape index (κ1) is 19.2. The van der Waals surface area contributed by atoms with Gasteiger partial charge in [0.25, 0.3) is 0 Å². The summed E-state index contributed by atoms with van der Waals surface area (Å²) >= 11 is 0. The zero-order valence-electron chi connectivity index (χ0n) is 14.6. The highest BCUT2D eigenvalue weighted by atomic mass is 16.6. The summed E-state index contributed by atoms with van der Waals surface area (Å²) < 4.78 is 11.3. The van der Waals surface area contributed by atoms with E-state index in [0.717, 1.165) is 12.0 Å². The van der Waals surface area contributed by atoms with Gasteiger partial charge in [-0.1, -0.05) is 37.3 Å². The number of ether oxygens (including phenoxy) is 2. The van der Waals surface area contributed by atoms with Crippen molar-refractivity contribution in [2.75, 3.05) is 27.7 Å². The second-order valence-corrected chi connectivity index (χ2v) is 6.69. The summed E-state index contributed by atoms with van der Waals surface area (Å²) in [6.07, 6.45) is 0.719. The third-order valence-electron chi connectivity index (χ3n) is 3.14. The summed E-state index contributed by atoms with van der Waals surface area (Å²) in [7, 11) is 5.99. The van der Waals surface area contributed by atoms with Crippen molar-refractivity contribution in [1.29, 1.82) is 0 Å². The number of carbonyl (C=O) groups is 2. The van der Waals surface area contributed by atoms with Crippen molar-refractivity contribution in [3.63, 3.8) is 0 Å². The van der Waals surface area contributed by atoms with Gasteiger partial charge in [0.15, 0.2) is 6.10 Å². The third kappa shape index (κ3) is 8.98. The maximum absolute atomic E-state index is 12.0. The lowest BCUT2D eigenvalue weighted by atomic mass is 10.2. The van der Waals surface area contributed by atoms with Crippen molar-refractivity contribution in [3.8, 4) is 0 Å². The molecule has 0 unspecified atom stereocenters. The molecule has 0 aliphatic carbocycles. The van der Waals surface area contributed by atoms with Crippen LogP contribution in [0.5, 0.6) is 0 Å². The molecular weight excluding hydrogens is 294 g/mol. The van der Waals surface area contributed by atoms with Gasteiger partial charge < -0.3 is 14.0 Å². The zero-order valence-corrected chi connectivity index (χ0v) is 14.6. The molecule has 5 nitrogen and oxygen atoms in total. The van der Waals surface area contributed by atoms with E-state index in [9.17, 15) is 9.59 Å². The molecular formula is C18H28NO4+. The van der Waals surface area contributed by atoms with Gasteiger partial charge in [0.1, 0.15) is 13.2 Å². The van der Waals surface area contributed by atoms with E-state index in [0.29, 0.717) is 17.4 Å². The van der Waals surface area contributed by atoms with Gasteiger partial charge in [0.2, 0.25) is 0 Å². The van der Waals surface area contributed by atoms with Crippen LogP contribution >= 0.6 is 0 Å². The van der Waals surface area contributed by atoms with E-state index in [-0.39, 0.29) is 25.0 Å². The van der Waals surface area contributed by atoms with Crippen LogP contribution in [-0.4, -0.2) is 50.2 Å². The highest BCUT2D eigenvalue weighted by Crippen LogP contribution is 2.09. The summed E-state index contributed by atoms with van der Waals surface area (Å²) in [5, 5.41) is 0. The molecule has 0 radical (unpaired) electrons. The Morgan fingerprint density at radius 3 is 2.30 bits per heavy atom. The van der Waals surface area contributed by atoms with Crippen molar-refractivity contribution in [3.05, 3.63) is 35.9 Å². The number of quaternary nitrogens is 1. The maximum Gasteiger partial charge on any atom is 0.310 e. The van der Waals surface area contributed by atoms with Gasteiger partial charge in [-0.3, -0.25) is 9.59 Å². The Labute approximate surface area is 138 Å². The van der Waals surface area contributed by atoms with E-state index in [1.165, 1.54) is 0 Å². The monoisotopic (exact) mass is 322 g/mol. The molecule has 1 atom stereocenters. The molecule has 5 heteroatoms. The maximum atomic E-state index is 12.0. The molecule has 0 aromatic heterocycles. The molecule has 0 amide bonds. The van der Waals surface area contributed by atoms with Gasteiger partial charge in [-0.2, -0.15) is 0 Å². The minimum absolute atomic E-state index is 0.0812. The zero-order chi connectivity index (χ0) is 17.3. The largest absolute Gasteiger partial charge is 0.461 e. The van der Waals surface area contributed by atoms with Crippen molar-refractivity contribution in [1.82, 2.24) is 0 Å². The molecule has 0 saturated heterocycles. The fraction of sp³-hybridized carbons (Fsp3) is 0.556. The molecule has 0 N–H and O–H groups in total. The van der Waals surface area contributed by atoms with Gasteiger partial charge in [-0.05, 0) is 12.0 Å². The first-order chi connectivity index (χ1) is 10.8. The predicted molar refractivity (Wildman–Crippen MR) is 88.5 cm³/mol. The Bertz CT molecular complexity index is 493. The van der Waals surface area contributed by atoms with E-state index in [1.54, 1.807) is 0 Å². The van der Waals surface area contributed by atoms with Gasteiger partial charge >= 0.3 is 11.9 Å². The minimum atomic E-state index is -0.461. The van der Waals surface area contributed by atoms with E-state index < -0.39 is 6.10 Å². The summed E-state index contributed by atoms with van der Waals surface area (Å²) in [4.78, 5) is 23.8. The lowest BCUT2D eigenvalue weighted by Crippen LogP contribution is -2.44. The molecule has 0 saturated carbocycles. The van der Waals surface area contributed by atoms with Crippen molar-refractivity contribution in [2.24, 2.45) is 0 Å². The smallest absolute Gasteiger partial charge is 0.310 e. The highest BCUT2D eigenvalue weighted by Gasteiger charge is 2.25. The van der Waals surface area contributed by atoms with Crippen LogP contribution in [0, 0.1) is 0 Å². The number of hydrogen-bond donors (Lipinski definition) is 0. The fourth-order valence-electron chi connectivity index (χ4n) is 2.19. The number of rotatable bonds is 9. The fourth-order valence-corrected chi connectivity index (χ4v) is 2.19. The number of benzene rings is 1. The Morgan fingerprint density at radius 1 is 1.09 bits per heavy atom. The Balaban J connectivity index is 2.53. The van der Waals surface area contributed by atoms with Crippen molar-refractivity contribution < 1.29 is 23.5 Å². The van der Waals surface area contributed by atoms with E-state index in [1.807, 2.05) is 58.4 Å². The average Bonchev–Trinajstić information content (AvgIpc) is 2.44. The van der Waals surface area contributed by atoms with Crippen molar-refractivity contribution in [2.45, 2.75) is 38.9 Å². The van der Waals surface area contributed by atoms with Crippen LogP contribution in [-0.2, 0) is 25.7 Å².